The summed E-state index contributed by atoms with van der Waals surface area (Å²) in [5.41, 5.74) is 1.12. The van der Waals surface area contributed by atoms with Gasteiger partial charge in [-0.3, -0.25) is 13.9 Å². The second-order valence-electron chi connectivity index (χ2n) is 6.94. The summed E-state index contributed by atoms with van der Waals surface area (Å²) >= 11 is 9.28. The maximum absolute atomic E-state index is 13.4. The number of benzene rings is 2. The Morgan fingerprint density at radius 2 is 1.81 bits per heavy atom. The lowest BCUT2D eigenvalue weighted by atomic mass is 10.1. The third-order valence-corrected chi connectivity index (χ3v) is 6.56. The molecule has 0 fully saturated rings. The van der Waals surface area contributed by atoms with E-state index in [4.69, 9.17) is 11.6 Å². The molecule has 1 N–H and O–H groups in total. The Labute approximate surface area is 196 Å². The molecule has 2 aromatic rings. The quantitative estimate of drug-likeness (QED) is 0.538. The Balaban J connectivity index is 2.41. The van der Waals surface area contributed by atoms with Gasteiger partial charge in [-0.25, -0.2) is 8.42 Å². The lowest BCUT2D eigenvalue weighted by Gasteiger charge is -2.32. The number of anilines is 1. The second-order valence-corrected chi connectivity index (χ2v) is 10.2. The van der Waals surface area contributed by atoms with E-state index in [1.54, 1.807) is 55.5 Å². The van der Waals surface area contributed by atoms with Gasteiger partial charge in [0.05, 0.1) is 11.9 Å². The first-order chi connectivity index (χ1) is 14.6. The first kappa shape index (κ1) is 25.2. The third kappa shape index (κ3) is 6.95. The maximum Gasteiger partial charge on any atom is 0.244 e. The third-order valence-electron chi connectivity index (χ3n) is 4.67. The SMILES string of the molecule is CC[C@@H](C(=O)NC)N(Cc1ccc(Cl)cc1)C(=O)CN(c1cccc(Br)c1)S(C)(=O)=O. The number of likely N-dealkylation sites (N-methyl/N-ethyl adjacent to an activating group) is 1. The van der Waals surface area contributed by atoms with E-state index in [0.717, 1.165) is 16.1 Å². The molecular weight excluding hydrogens is 506 g/mol. The Bertz CT molecular complexity index is 1030. The standard InChI is InChI=1S/C21H25BrClN3O4S/c1-4-19(21(28)24-2)25(13-15-8-10-17(23)11-9-15)20(27)14-26(31(3,29)30)18-7-5-6-16(22)12-18/h5-12,19H,4,13-14H2,1-3H3,(H,24,28)/t19-/m0/s1. The number of carbonyl (C=O) groups is 2. The number of amides is 2. The van der Waals surface area contributed by atoms with E-state index >= 15 is 0 Å². The second kappa shape index (κ2) is 11.0. The fourth-order valence-electron chi connectivity index (χ4n) is 3.12. The van der Waals surface area contributed by atoms with Crippen LogP contribution in [0.25, 0.3) is 0 Å². The van der Waals surface area contributed by atoms with Crippen molar-refractivity contribution in [3.05, 3.63) is 63.6 Å². The summed E-state index contributed by atoms with van der Waals surface area (Å²) in [4.78, 5) is 27.2. The highest BCUT2D eigenvalue weighted by atomic mass is 79.9. The van der Waals surface area contributed by atoms with Crippen molar-refractivity contribution in [2.45, 2.75) is 25.9 Å². The molecule has 2 rings (SSSR count). The lowest BCUT2D eigenvalue weighted by molar-refractivity contribution is -0.140. The van der Waals surface area contributed by atoms with Crippen LogP contribution in [0.15, 0.2) is 53.0 Å². The zero-order valence-electron chi connectivity index (χ0n) is 17.5. The summed E-state index contributed by atoms with van der Waals surface area (Å²) in [5, 5.41) is 3.13. The van der Waals surface area contributed by atoms with E-state index in [2.05, 4.69) is 21.2 Å². The molecule has 0 aliphatic rings. The lowest BCUT2D eigenvalue weighted by Crippen LogP contribution is -2.51. The van der Waals surface area contributed by atoms with Crippen molar-refractivity contribution in [2.75, 3.05) is 24.2 Å². The molecule has 0 radical (unpaired) electrons. The molecule has 0 aromatic heterocycles. The summed E-state index contributed by atoms with van der Waals surface area (Å²) in [6.45, 7) is 1.50. The topological polar surface area (TPSA) is 86.8 Å². The normalized spacial score (nSPS) is 12.2. The first-order valence-electron chi connectivity index (χ1n) is 9.55. The number of hydrogen-bond acceptors (Lipinski definition) is 4. The highest BCUT2D eigenvalue weighted by Gasteiger charge is 2.31. The highest BCUT2D eigenvalue weighted by molar-refractivity contribution is 9.10. The van der Waals surface area contributed by atoms with Crippen molar-refractivity contribution in [1.82, 2.24) is 10.2 Å². The van der Waals surface area contributed by atoms with Gasteiger partial charge in [0.15, 0.2) is 0 Å². The summed E-state index contributed by atoms with van der Waals surface area (Å²) in [7, 11) is -2.25. The van der Waals surface area contributed by atoms with Crippen LogP contribution in [0.3, 0.4) is 0 Å². The molecule has 0 bridgehead atoms. The van der Waals surface area contributed by atoms with Gasteiger partial charge in [0, 0.05) is 23.1 Å². The molecule has 0 saturated carbocycles. The van der Waals surface area contributed by atoms with E-state index < -0.39 is 28.5 Å². The van der Waals surface area contributed by atoms with Gasteiger partial charge in [0.2, 0.25) is 21.8 Å². The number of sulfonamides is 1. The average molecular weight is 531 g/mol. The minimum Gasteiger partial charge on any atom is -0.357 e. The van der Waals surface area contributed by atoms with E-state index in [1.807, 2.05) is 0 Å². The van der Waals surface area contributed by atoms with E-state index in [1.165, 1.54) is 11.9 Å². The molecule has 31 heavy (non-hydrogen) atoms. The fourth-order valence-corrected chi connectivity index (χ4v) is 4.47. The first-order valence-corrected chi connectivity index (χ1v) is 12.6. The average Bonchev–Trinajstić information content (AvgIpc) is 2.72. The summed E-state index contributed by atoms with van der Waals surface area (Å²) in [6.07, 6.45) is 1.41. The van der Waals surface area contributed by atoms with Crippen molar-refractivity contribution < 1.29 is 18.0 Å². The summed E-state index contributed by atoms with van der Waals surface area (Å²) in [6, 6.07) is 12.9. The maximum atomic E-state index is 13.4. The van der Waals surface area contributed by atoms with Gasteiger partial charge in [-0.05, 0) is 42.3 Å². The zero-order chi connectivity index (χ0) is 23.2. The molecule has 10 heteroatoms. The number of hydrogen-bond donors (Lipinski definition) is 1. The van der Waals surface area contributed by atoms with Crippen LogP contribution < -0.4 is 9.62 Å². The van der Waals surface area contributed by atoms with Gasteiger partial charge in [-0.15, -0.1) is 0 Å². The van der Waals surface area contributed by atoms with Crippen LogP contribution in [-0.4, -0.2) is 51.0 Å². The molecule has 7 nitrogen and oxygen atoms in total. The predicted octanol–water partition coefficient (Wildman–Crippen LogP) is 3.42. The van der Waals surface area contributed by atoms with Crippen LogP contribution in [0, 0.1) is 0 Å². The molecule has 0 spiro atoms. The van der Waals surface area contributed by atoms with Crippen molar-refractivity contribution in [3.63, 3.8) is 0 Å². The van der Waals surface area contributed by atoms with Crippen LogP contribution in [0.1, 0.15) is 18.9 Å². The minimum atomic E-state index is -3.75. The van der Waals surface area contributed by atoms with Crippen molar-refractivity contribution in [2.24, 2.45) is 0 Å². The van der Waals surface area contributed by atoms with E-state index in [9.17, 15) is 18.0 Å². The van der Waals surface area contributed by atoms with Crippen molar-refractivity contribution >= 4 is 55.1 Å². The predicted molar refractivity (Wildman–Crippen MR) is 126 cm³/mol. The number of rotatable bonds is 9. The number of halogens is 2. The van der Waals surface area contributed by atoms with Gasteiger partial charge in [0.25, 0.3) is 0 Å². The Kier molecular flexibility index (Phi) is 8.90. The van der Waals surface area contributed by atoms with Crippen LogP contribution >= 0.6 is 27.5 Å². The molecular formula is C21H25BrClN3O4S. The van der Waals surface area contributed by atoms with Gasteiger partial charge >= 0.3 is 0 Å². The Morgan fingerprint density at radius 3 is 2.32 bits per heavy atom. The molecule has 0 aliphatic heterocycles. The number of carbonyl (C=O) groups excluding carboxylic acids is 2. The van der Waals surface area contributed by atoms with Crippen LogP contribution in [0.2, 0.25) is 5.02 Å². The van der Waals surface area contributed by atoms with E-state index in [0.29, 0.717) is 21.6 Å². The number of nitrogens with one attached hydrogen (secondary N) is 1. The monoisotopic (exact) mass is 529 g/mol. The summed E-state index contributed by atoms with van der Waals surface area (Å²) in [5.74, 6) is -0.811. The molecule has 1 atom stereocenters. The Morgan fingerprint density at radius 1 is 1.16 bits per heavy atom. The minimum absolute atomic E-state index is 0.137. The zero-order valence-corrected chi connectivity index (χ0v) is 20.7. The van der Waals surface area contributed by atoms with Crippen LogP contribution in [0.5, 0.6) is 0 Å². The largest absolute Gasteiger partial charge is 0.357 e. The van der Waals surface area contributed by atoms with Crippen LogP contribution in [0.4, 0.5) is 5.69 Å². The van der Waals surface area contributed by atoms with Gasteiger partial charge in [-0.1, -0.05) is 52.7 Å². The van der Waals surface area contributed by atoms with Gasteiger partial charge in [0.1, 0.15) is 12.6 Å². The summed E-state index contributed by atoms with van der Waals surface area (Å²) < 4.78 is 26.7. The molecule has 0 unspecified atom stereocenters. The van der Waals surface area contributed by atoms with Gasteiger partial charge in [-0.2, -0.15) is 0 Å². The van der Waals surface area contributed by atoms with Crippen molar-refractivity contribution in [1.29, 1.82) is 0 Å². The number of nitrogens with zero attached hydrogens (tertiary/aromatic N) is 2. The molecule has 0 aliphatic carbocycles. The van der Waals surface area contributed by atoms with Crippen LogP contribution in [-0.2, 0) is 26.2 Å². The van der Waals surface area contributed by atoms with E-state index in [-0.39, 0.29) is 12.5 Å². The fraction of sp³-hybridized carbons (Fsp3) is 0.333. The molecule has 0 saturated heterocycles. The Hall–Kier alpha value is -2.10. The molecule has 168 valence electrons. The highest BCUT2D eigenvalue weighted by Crippen LogP contribution is 2.23. The van der Waals surface area contributed by atoms with Gasteiger partial charge < -0.3 is 10.2 Å². The molecule has 0 heterocycles. The van der Waals surface area contributed by atoms with Crippen molar-refractivity contribution in [3.8, 4) is 0 Å². The molecule has 2 aromatic carbocycles. The smallest absolute Gasteiger partial charge is 0.244 e. The molecule has 2 amide bonds.